The zero-order valence-corrected chi connectivity index (χ0v) is 17.7. The number of anilines is 1. The molecule has 1 aliphatic heterocycles. The molecule has 0 bridgehead atoms. The Kier molecular flexibility index (Phi) is 6.76. The highest BCUT2D eigenvalue weighted by Gasteiger charge is 2.35. The quantitative estimate of drug-likeness (QED) is 0.716. The average molecular weight is 459 g/mol. The molecule has 2 aromatic rings. The third-order valence-corrected chi connectivity index (χ3v) is 7.34. The minimum absolute atomic E-state index is 0.0595. The molecule has 30 heavy (non-hydrogen) atoms. The van der Waals surface area contributed by atoms with E-state index in [1.54, 1.807) is 0 Å². The van der Waals surface area contributed by atoms with Crippen LogP contribution in [0.15, 0.2) is 41.3 Å². The SMILES string of the molecule is CCC1CN(S(=O)(=O)c2cc(C(=O)Nc3ccc(F)c(Cl)c3)ccc2F)CCC1O. The molecule has 1 heterocycles. The molecule has 0 spiro atoms. The highest BCUT2D eigenvalue weighted by Crippen LogP contribution is 2.28. The summed E-state index contributed by atoms with van der Waals surface area (Å²) in [5.74, 6) is -2.57. The second kappa shape index (κ2) is 8.97. The van der Waals surface area contributed by atoms with Crippen molar-refractivity contribution < 1.29 is 27.1 Å². The van der Waals surface area contributed by atoms with Crippen LogP contribution >= 0.6 is 11.6 Å². The van der Waals surface area contributed by atoms with Crippen LogP contribution < -0.4 is 5.32 Å². The number of aliphatic hydroxyl groups is 1. The highest BCUT2D eigenvalue weighted by molar-refractivity contribution is 7.89. The Balaban J connectivity index is 1.87. The van der Waals surface area contributed by atoms with Gasteiger partial charge >= 0.3 is 0 Å². The van der Waals surface area contributed by atoms with Crippen LogP contribution in [-0.2, 0) is 10.0 Å². The number of aliphatic hydroxyl groups excluding tert-OH is 1. The van der Waals surface area contributed by atoms with Crippen molar-refractivity contribution in [1.29, 1.82) is 0 Å². The maximum atomic E-state index is 14.4. The Morgan fingerprint density at radius 2 is 1.93 bits per heavy atom. The summed E-state index contributed by atoms with van der Waals surface area (Å²) in [7, 11) is -4.20. The van der Waals surface area contributed by atoms with Gasteiger partial charge in [-0.3, -0.25) is 4.79 Å². The van der Waals surface area contributed by atoms with Gasteiger partial charge in [-0.1, -0.05) is 18.5 Å². The topological polar surface area (TPSA) is 86.7 Å². The van der Waals surface area contributed by atoms with Gasteiger partial charge in [0.25, 0.3) is 5.91 Å². The maximum absolute atomic E-state index is 14.4. The molecule has 0 aliphatic carbocycles. The molecule has 3 rings (SSSR count). The molecule has 1 fully saturated rings. The summed E-state index contributed by atoms with van der Waals surface area (Å²) in [6.07, 6.45) is 0.231. The molecule has 162 valence electrons. The van der Waals surface area contributed by atoms with Crippen molar-refractivity contribution in [2.45, 2.75) is 30.8 Å². The van der Waals surface area contributed by atoms with Gasteiger partial charge in [0, 0.05) is 24.3 Å². The lowest BCUT2D eigenvalue weighted by Crippen LogP contribution is -2.45. The number of nitrogens with zero attached hydrogens (tertiary/aromatic N) is 1. The van der Waals surface area contributed by atoms with Gasteiger partial charge in [0.15, 0.2) is 0 Å². The standard InChI is InChI=1S/C20H21ClF2N2O4S/c1-2-12-11-25(8-7-18(12)26)30(28,29)19-9-13(3-5-17(19)23)20(27)24-14-4-6-16(22)15(21)10-14/h3-6,9-10,12,18,26H,2,7-8,11H2,1H3,(H,24,27). The van der Waals surface area contributed by atoms with Crippen LogP contribution in [0.5, 0.6) is 0 Å². The zero-order valence-electron chi connectivity index (χ0n) is 16.1. The third-order valence-electron chi connectivity index (χ3n) is 5.17. The van der Waals surface area contributed by atoms with E-state index in [0.29, 0.717) is 6.42 Å². The number of carbonyl (C=O) groups is 1. The first-order valence-electron chi connectivity index (χ1n) is 9.37. The molecular formula is C20H21ClF2N2O4S. The van der Waals surface area contributed by atoms with Gasteiger partial charge < -0.3 is 10.4 Å². The number of hydrogen-bond acceptors (Lipinski definition) is 4. The fourth-order valence-corrected chi connectivity index (χ4v) is 5.15. The second-order valence-corrected chi connectivity index (χ2v) is 9.43. The fraction of sp³-hybridized carbons (Fsp3) is 0.350. The van der Waals surface area contributed by atoms with Crippen molar-refractivity contribution in [3.63, 3.8) is 0 Å². The molecule has 0 radical (unpaired) electrons. The maximum Gasteiger partial charge on any atom is 0.255 e. The van der Waals surface area contributed by atoms with E-state index in [9.17, 15) is 27.1 Å². The molecule has 10 heteroatoms. The van der Waals surface area contributed by atoms with Crippen molar-refractivity contribution in [1.82, 2.24) is 4.31 Å². The monoisotopic (exact) mass is 458 g/mol. The lowest BCUT2D eigenvalue weighted by atomic mass is 9.94. The number of halogens is 3. The van der Waals surface area contributed by atoms with Crippen molar-refractivity contribution in [2.75, 3.05) is 18.4 Å². The Bertz CT molecular complexity index is 1060. The lowest BCUT2D eigenvalue weighted by molar-refractivity contribution is 0.0520. The molecular weight excluding hydrogens is 438 g/mol. The van der Waals surface area contributed by atoms with E-state index in [1.165, 1.54) is 12.1 Å². The first-order chi connectivity index (χ1) is 14.1. The van der Waals surface area contributed by atoms with E-state index in [0.717, 1.165) is 28.6 Å². The first-order valence-corrected chi connectivity index (χ1v) is 11.2. The van der Waals surface area contributed by atoms with Crippen LogP contribution in [0.4, 0.5) is 14.5 Å². The number of benzene rings is 2. The fourth-order valence-electron chi connectivity index (χ4n) is 3.36. The third kappa shape index (κ3) is 4.64. The van der Waals surface area contributed by atoms with Crippen LogP contribution in [0.2, 0.25) is 5.02 Å². The van der Waals surface area contributed by atoms with Crippen LogP contribution in [0.3, 0.4) is 0 Å². The number of carbonyl (C=O) groups excluding carboxylic acids is 1. The van der Waals surface area contributed by atoms with E-state index in [4.69, 9.17) is 11.6 Å². The Morgan fingerprint density at radius 3 is 2.60 bits per heavy atom. The summed E-state index contributed by atoms with van der Waals surface area (Å²) in [6, 6.07) is 6.62. The molecule has 2 atom stereocenters. The summed E-state index contributed by atoms with van der Waals surface area (Å²) >= 11 is 5.69. The van der Waals surface area contributed by atoms with Gasteiger partial charge in [-0.15, -0.1) is 0 Å². The highest BCUT2D eigenvalue weighted by atomic mass is 35.5. The van der Waals surface area contributed by atoms with Gasteiger partial charge in [-0.05, 0) is 55.2 Å². The number of piperidine rings is 1. The van der Waals surface area contributed by atoms with Gasteiger partial charge in [-0.2, -0.15) is 4.31 Å². The number of rotatable bonds is 5. The normalized spacial score (nSPS) is 20.2. The van der Waals surface area contributed by atoms with Gasteiger partial charge in [0.1, 0.15) is 16.5 Å². The van der Waals surface area contributed by atoms with Crippen LogP contribution in [-0.4, -0.2) is 42.9 Å². The van der Waals surface area contributed by atoms with Gasteiger partial charge in [-0.25, -0.2) is 17.2 Å². The predicted molar refractivity (Wildman–Crippen MR) is 109 cm³/mol. The zero-order chi connectivity index (χ0) is 22.1. The van der Waals surface area contributed by atoms with Crippen LogP contribution in [0.1, 0.15) is 30.1 Å². The minimum Gasteiger partial charge on any atom is -0.393 e. The van der Waals surface area contributed by atoms with E-state index < -0.39 is 38.6 Å². The van der Waals surface area contributed by atoms with Gasteiger partial charge in [0.05, 0.1) is 11.1 Å². The predicted octanol–water partition coefficient (Wildman–Crippen LogP) is 3.65. The summed E-state index contributed by atoms with van der Waals surface area (Å²) < 4.78 is 54.8. The van der Waals surface area contributed by atoms with E-state index >= 15 is 0 Å². The van der Waals surface area contributed by atoms with E-state index in [-0.39, 0.29) is 41.7 Å². The lowest BCUT2D eigenvalue weighted by Gasteiger charge is -2.35. The number of nitrogens with one attached hydrogen (secondary N) is 1. The van der Waals surface area contributed by atoms with Crippen molar-refractivity contribution in [2.24, 2.45) is 5.92 Å². The molecule has 1 saturated heterocycles. The molecule has 0 aromatic heterocycles. The molecule has 1 amide bonds. The van der Waals surface area contributed by atoms with E-state index in [2.05, 4.69) is 5.32 Å². The van der Waals surface area contributed by atoms with Crippen LogP contribution in [0.25, 0.3) is 0 Å². The van der Waals surface area contributed by atoms with Crippen molar-refractivity contribution in [3.8, 4) is 0 Å². The molecule has 2 unspecified atom stereocenters. The molecule has 0 saturated carbocycles. The van der Waals surface area contributed by atoms with Crippen molar-refractivity contribution >= 4 is 33.2 Å². The number of sulfonamides is 1. The largest absolute Gasteiger partial charge is 0.393 e. The van der Waals surface area contributed by atoms with Crippen molar-refractivity contribution in [3.05, 3.63) is 58.6 Å². The first kappa shape index (κ1) is 22.6. The molecule has 1 aliphatic rings. The average Bonchev–Trinajstić information content (AvgIpc) is 2.71. The summed E-state index contributed by atoms with van der Waals surface area (Å²) in [5, 5.41) is 12.3. The smallest absolute Gasteiger partial charge is 0.255 e. The number of amides is 1. The minimum atomic E-state index is -4.20. The molecule has 2 aromatic carbocycles. The molecule has 2 N–H and O–H groups in total. The summed E-state index contributed by atoms with van der Waals surface area (Å²) in [5.41, 5.74) is 0.121. The summed E-state index contributed by atoms with van der Waals surface area (Å²) in [6.45, 7) is 1.98. The second-order valence-electron chi connectivity index (χ2n) is 7.12. The summed E-state index contributed by atoms with van der Waals surface area (Å²) in [4.78, 5) is 11.9. The number of hydrogen-bond donors (Lipinski definition) is 2. The van der Waals surface area contributed by atoms with Crippen LogP contribution in [0, 0.1) is 17.6 Å². The molecule has 6 nitrogen and oxygen atoms in total. The Morgan fingerprint density at radius 1 is 1.23 bits per heavy atom. The Labute approximate surface area is 178 Å². The Hall–Kier alpha value is -2.07. The van der Waals surface area contributed by atoms with E-state index in [1.807, 2.05) is 6.92 Å². The van der Waals surface area contributed by atoms with Gasteiger partial charge in [0.2, 0.25) is 10.0 Å².